The number of nitrogens with one attached hydrogen (secondary N) is 1. The first-order valence-electron chi connectivity index (χ1n) is 10.2. The van der Waals surface area contributed by atoms with Gasteiger partial charge >= 0.3 is 0 Å². The molecule has 7 heteroatoms. The molecule has 4 rings (SSSR count). The molecule has 3 heterocycles. The maximum atomic E-state index is 12.3. The van der Waals surface area contributed by atoms with Crippen molar-refractivity contribution in [1.82, 2.24) is 25.1 Å². The normalized spacial score (nSPS) is 18.8. The lowest BCUT2D eigenvalue weighted by Gasteiger charge is -2.36. The lowest BCUT2D eigenvalue weighted by Crippen LogP contribution is -2.50. The second-order valence-electron chi connectivity index (χ2n) is 8.09. The molecule has 2 aliphatic heterocycles. The van der Waals surface area contributed by atoms with E-state index in [0.717, 1.165) is 57.6 Å². The Labute approximate surface area is 166 Å². The maximum Gasteiger partial charge on any atom is 0.236 e. The van der Waals surface area contributed by atoms with Gasteiger partial charge in [0.25, 0.3) is 0 Å². The fraction of sp³-hybridized carbons (Fsp3) is 0.571. The number of hydrogen-bond donors (Lipinski definition) is 1. The Bertz CT molecular complexity index is 825. The van der Waals surface area contributed by atoms with E-state index in [1.807, 2.05) is 23.9 Å². The molecule has 2 aromatic rings. The van der Waals surface area contributed by atoms with Crippen LogP contribution >= 0.6 is 0 Å². The first kappa shape index (κ1) is 19.1. The number of benzene rings is 1. The van der Waals surface area contributed by atoms with Crippen molar-refractivity contribution < 1.29 is 4.79 Å². The van der Waals surface area contributed by atoms with Crippen molar-refractivity contribution in [3.8, 4) is 0 Å². The van der Waals surface area contributed by atoms with Crippen LogP contribution in [-0.4, -0.2) is 85.6 Å². The lowest BCUT2D eigenvalue weighted by atomic mass is 9.92. The molecule has 28 heavy (non-hydrogen) atoms. The summed E-state index contributed by atoms with van der Waals surface area (Å²) in [6, 6.07) is 6.55. The fourth-order valence-electron chi connectivity index (χ4n) is 4.27. The van der Waals surface area contributed by atoms with Crippen molar-refractivity contribution in [2.24, 2.45) is 0 Å². The predicted octanol–water partition coefficient (Wildman–Crippen LogP) is 1.31. The zero-order chi connectivity index (χ0) is 19.5. The summed E-state index contributed by atoms with van der Waals surface area (Å²) in [5.41, 5.74) is 3.39. The van der Waals surface area contributed by atoms with Gasteiger partial charge in [-0.25, -0.2) is 9.97 Å². The average Bonchev–Trinajstić information content (AvgIpc) is 2.73. The van der Waals surface area contributed by atoms with Gasteiger partial charge in [0, 0.05) is 43.2 Å². The van der Waals surface area contributed by atoms with Gasteiger partial charge in [-0.2, -0.15) is 0 Å². The van der Waals surface area contributed by atoms with Gasteiger partial charge < -0.3 is 20.0 Å². The highest BCUT2D eigenvalue weighted by molar-refractivity contribution is 5.85. The SMILES string of the molecule is CN(C)CC(=O)N1CCN(c2ccc3c(C4CCNCC4)ncnc3c2)CC1. The summed E-state index contributed by atoms with van der Waals surface area (Å²) in [6.45, 7) is 5.86. The zero-order valence-corrected chi connectivity index (χ0v) is 16.9. The van der Waals surface area contributed by atoms with Crippen LogP contribution in [-0.2, 0) is 4.79 Å². The number of anilines is 1. The van der Waals surface area contributed by atoms with Gasteiger partial charge in [-0.15, -0.1) is 0 Å². The topological polar surface area (TPSA) is 64.6 Å². The number of hydrogen-bond acceptors (Lipinski definition) is 6. The summed E-state index contributed by atoms with van der Waals surface area (Å²) in [4.78, 5) is 27.7. The smallest absolute Gasteiger partial charge is 0.236 e. The molecule has 1 aromatic carbocycles. The zero-order valence-electron chi connectivity index (χ0n) is 16.9. The highest BCUT2D eigenvalue weighted by Gasteiger charge is 2.23. The van der Waals surface area contributed by atoms with E-state index in [2.05, 4.69) is 38.4 Å². The number of fused-ring (bicyclic) bond motifs is 1. The Kier molecular flexibility index (Phi) is 5.73. The van der Waals surface area contributed by atoms with E-state index < -0.39 is 0 Å². The Hall–Kier alpha value is -2.25. The second-order valence-corrected chi connectivity index (χ2v) is 8.09. The Morgan fingerprint density at radius 1 is 1.14 bits per heavy atom. The minimum atomic E-state index is 0.211. The van der Waals surface area contributed by atoms with Crippen molar-refractivity contribution in [3.63, 3.8) is 0 Å². The Morgan fingerprint density at radius 2 is 1.89 bits per heavy atom. The van der Waals surface area contributed by atoms with Crippen LogP contribution in [0.15, 0.2) is 24.5 Å². The van der Waals surface area contributed by atoms with Crippen LogP contribution in [0.5, 0.6) is 0 Å². The number of piperidine rings is 1. The van der Waals surface area contributed by atoms with Gasteiger partial charge in [0.15, 0.2) is 0 Å². The fourth-order valence-corrected chi connectivity index (χ4v) is 4.27. The molecule has 7 nitrogen and oxygen atoms in total. The third kappa shape index (κ3) is 4.10. The van der Waals surface area contributed by atoms with Crippen molar-refractivity contribution in [1.29, 1.82) is 0 Å². The van der Waals surface area contributed by atoms with Crippen LogP contribution in [0.4, 0.5) is 5.69 Å². The van der Waals surface area contributed by atoms with Gasteiger partial charge in [-0.1, -0.05) is 0 Å². The van der Waals surface area contributed by atoms with E-state index in [-0.39, 0.29) is 5.91 Å². The third-order valence-corrected chi connectivity index (χ3v) is 5.83. The molecule has 0 spiro atoms. The van der Waals surface area contributed by atoms with Crippen LogP contribution in [0.3, 0.4) is 0 Å². The molecule has 0 unspecified atom stereocenters. The van der Waals surface area contributed by atoms with Crippen molar-refractivity contribution in [3.05, 3.63) is 30.2 Å². The van der Waals surface area contributed by atoms with Crippen molar-refractivity contribution >= 4 is 22.5 Å². The molecule has 0 radical (unpaired) electrons. The number of nitrogens with zero attached hydrogens (tertiary/aromatic N) is 5. The number of piperazine rings is 1. The van der Waals surface area contributed by atoms with E-state index in [0.29, 0.717) is 12.5 Å². The summed E-state index contributed by atoms with van der Waals surface area (Å²) < 4.78 is 0. The molecule has 1 aromatic heterocycles. The largest absolute Gasteiger partial charge is 0.368 e. The third-order valence-electron chi connectivity index (χ3n) is 5.83. The van der Waals surface area contributed by atoms with E-state index >= 15 is 0 Å². The minimum Gasteiger partial charge on any atom is -0.368 e. The van der Waals surface area contributed by atoms with Crippen LogP contribution in [0.2, 0.25) is 0 Å². The molecular formula is C21H30N6O. The van der Waals surface area contributed by atoms with Crippen LogP contribution in [0.1, 0.15) is 24.5 Å². The average molecular weight is 383 g/mol. The highest BCUT2D eigenvalue weighted by Crippen LogP contribution is 2.30. The highest BCUT2D eigenvalue weighted by atomic mass is 16.2. The van der Waals surface area contributed by atoms with E-state index in [1.165, 1.54) is 16.8 Å². The quantitative estimate of drug-likeness (QED) is 0.860. The minimum absolute atomic E-state index is 0.211. The molecule has 2 saturated heterocycles. The number of aromatic nitrogens is 2. The molecule has 1 N–H and O–H groups in total. The van der Waals surface area contributed by atoms with Gasteiger partial charge in [0.2, 0.25) is 5.91 Å². The molecule has 150 valence electrons. The van der Waals surface area contributed by atoms with E-state index in [9.17, 15) is 4.79 Å². The second kappa shape index (κ2) is 8.41. The molecule has 0 atom stereocenters. The summed E-state index contributed by atoms with van der Waals surface area (Å²) >= 11 is 0. The number of rotatable bonds is 4. The first-order chi connectivity index (χ1) is 13.6. The van der Waals surface area contributed by atoms with Gasteiger partial charge in [-0.3, -0.25) is 4.79 Å². The summed E-state index contributed by atoms with van der Waals surface area (Å²) in [5.74, 6) is 0.728. The Balaban J connectivity index is 1.48. The standard InChI is InChI=1S/C21H30N6O/c1-25(2)14-20(28)27-11-9-26(10-12-27)17-3-4-18-19(13-17)23-15-24-21(18)16-5-7-22-8-6-16/h3-4,13,15-16,22H,5-12,14H2,1-2H3. The summed E-state index contributed by atoms with van der Waals surface area (Å²) in [7, 11) is 3.87. The Morgan fingerprint density at radius 3 is 2.61 bits per heavy atom. The first-order valence-corrected chi connectivity index (χ1v) is 10.2. The van der Waals surface area contributed by atoms with Crippen LogP contribution < -0.4 is 10.2 Å². The molecule has 1 amide bonds. The number of carbonyl (C=O) groups is 1. The lowest BCUT2D eigenvalue weighted by molar-refractivity contribution is -0.132. The van der Waals surface area contributed by atoms with Crippen LogP contribution in [0.25, 0.3) is 10.9 Å². The summed E-state index contributed by atoms with van der Waals surface area (Å²) in [5, 5.41) is 4.60. The van der Waals surface area contributed by atoms with E-state index in [4.69, 9.17) is 0 Å². The summed E-state index contributed by atoms with van der Waals surface area (Å²) in [6.07, 6.45) is 3.98. The van der Waals surface area contributed by atoms with Gasteiger partial charge in [-0.05, 0) is 58.2 Å². The number of likely N-dealkylation sites (N-methyl/N-ethyl adjacent to an activating group) is 1. The van der Waals surface area contributed by atoms with Gasteiger partial charge in [0.1, 0.15) is 6.33 Å². The van der Waals surface area contributed by atoms with Crippen molar-refractivity contribution in [2.45, 2.75) is 18.8 Å². The van der Waals surface area contributed by atoms with Crippen LogP contribution in [0, 0.1) is 0 Å². The number of carbonyl (C=O) groups excluding carboxylic acids is 1. The van der Waals surface area contributed by atoms with Gasteiger partial charge in [0.05, 0.1) is 17.8 Å². The van der Waals surface area contributed by atoms with E-state index in [1.54, 1.807) is 6.33 Å². The van der Waals surface area contributed by atoms with Crippen molar-refractivity contribution in [2.75, 3.05) is 64.8 Å². The maximum absolute atomic E-state index is 12.3. The molecule has 0 bridgehead atoms. The molecule has 0 aliphatic carbocycles. The number of amides is 1. The molecule has 0 saturated carbocycles. The monoisotopic (exact) mass is 382 g/mol. The predicted molar refractivity (Wildman–Crippen MR) is 112 cm³/mol. The molecular weight excluding hydrogens is 352 g/mol. The molecule has 2 aliphatic rings. The molecule has 2 fully saturated rings.